The molecule has 0 amide bonds. The highest BCUT2D eigenvalue weighted by Gasteiger charge is 2.33. The molecule has 0 bridgehead atoms. The van der Waals surface area contributed by atoms with Gasteiger partial charge in [-0.25, -0.2) is 0 Å². The number of ether oxygens (including phenoxy) is 4. The molecule has 0 spiro atoms. The van der Waals surface area contributed by atoms with Gasteiger partial charge in [-0.3, -0.25) is 0 Å². The van der Waals surface area contributed by atoms with Crippen LogP contribution in [0.4, 0.5) is 0 Å². The minimum absolute atomic E-state index is 0.0306. The van der Waals surface area contributed by atoms with E-state index in [-0.39, 0.29) is 18.3 Å². The zero-order valence-electron chi connectivity index (χ0n) is 14.6. The summed E-state index contributed by atoms with van der Waals surface area (Å²) < 4.78 is 23.5. The predicted octanol–water partition coefficient (Wildman–Crippen LogP) is 4.09. The van der Waals surface area contributed by atoms with E-state index in [1.165, 1.54) is 0 Å². The fraction of sp³-hybridized carbons (Fsp3) is 0.889. The van der Waals surface area contributed by atoms with Crippen LogP contribution in [0.1, 0.15) is 59.3 Å². The Hall–Kier alpha value is -0.580. The van der Waals surface area contributed by atoms with Gasteiger partial charge in [0, 0.05) is 19.8 Å². The van der Waals surface area contributed by atoms with Crippen molar-refractivity contribution in [2.75, 3.05) is 26.4 Å². The first kappa shape index (κ1) is 19.5. The topological polar surface area (TPSA) is 36.9 Å². The summed E-state index contributed by atoms with van der Waals surface area (Å²) >= 11 is 0. The Morgan fingerprint density at radius 2 is 1.50 bits per heavy atom. The monoisotopic (exact) mass is 314 g/mol. The van der Waals surface area contributed by atoms with Gasteiger partial charge in [-0.15, -0.1) is 0 Å². The van der Waals surface area contributed by atoms with E-state index in [0.717, 1.165) is 58.3 Å². The van der Waals surface area contributed by atoms with Crippen LogP contribution in [-0.2, 0) is 18.9 Å². The van der Waals surface area contributed by atoms with E-state index in [9.17, 15) is 0 Å². The van der Waals surface area contributed by atoms with E-state index in [4.69, 9.17) is 18.9 Å². The Kier molecular flexibility index (Phi) is 11.4. The van der Waals surface area contributed by atoms with E-state index in [0.29, 0.717) is 6.61 Å². The van der Waals surface area contributed by atoms with Crippen molar-refractivity contribution in [2.45, 2.75) is 77.6 Å². The molecule has 0 aliphatic carbocycles. The molecular formula is C18H34O4. The maximum absolute atomic E-state index is 6.06. The third kappa shape index (κ3) is 7.61. The lowest BCUT2D eigenvalue weighted by atomic mass is 10.1. The van der Waals surface area contributed by atoms with Crippen LogP contribution in [0.5, 0.6) is 0 Å². The average molecular weight is 314 g/mol. The lowest BCUT2D eigenvalue weighted by Gasteiger charge is -2.34. The SMILES string of the molecule is CCCCOCC1OC=CC(OCCCC)[C@@H]1OCCCC. The molecule has 0 radical (unpaired) electrons. The highest BCUT2D eigenvalue weighted by molar-refractivity contribution is 4.99. The predicted molar refractivity (Wildman–Crippen MR) is 89.0 cm³/mol. The Morgan fingerprint density at radius 1 is 0.864 bits per heavy atom. The number of unbranched alkanes of at least 4 members (excludes halogenated alkanes) is 3. The Balaban J connectivity index is 2.49. The highest BCUT2D eigenvalue weighted by Crippen LogP contribution is 2.20. The highest BCUT2D eigenvalue weighted by atomic mass is 16.6. The van der Waals surface area contributed by atoms with Crippen LogP contribution in [0.15, 0.2) is 12.3 Å². The summed E-state index contributed by atoms with van der Waals surface area (Å²) in [5.41, 5.74) is 0. The summed E-state index contributed by atoms with van der Waals surface area (Å²) in [6.45, 7) is 9.36. The van der Waals surface area contributed by atoms with Gasteiger partial charge in [0.2, 0.25) is 0 Å². The van der Waals surface area contributed by atoms with Crippen molar-refractivity contribution < 1.29 is 18.9 Å². The molecular weight excluding hydrogens is 280 g/mol. The van der Waals surface area contributed by atoms with E-state index in [1.807, 2.05) is 6.08 Å². The van der Waals surface area contributed by atoms with Crippen molar-refractivity contribution in [2.24, 2.45) is 0 Å². The van der Waals surface area contributed by atoms with Gasteiger partial charge in [-0.1, -0.05) is 40.0 Å². The molecule has 4 nitrogen and oxygen atoms in total. The quantitative estimate of drug-likeness (QED) is 0.480. The van der Waals surface area contributed by atoms with Crippen LogP contribution < -0.4 is 0 Å². The van der Waals surface area contributed by atoms with Crippen LogP contribution in [0.2, 0.25) is 0 Å². The molecule has 22 heavy (non-hydrogen) atoms. The van der Waals surface area contributed by atoms with Gasteiger partial charge in [0.05, 0.1) is 12.9 Å². The zero-order chi connectivity index (χ0) is 16.0. The lowest BCUT2D eigenvalue weighted by molar-refractivity contribution is -0.138. The minimum Gasteiger partial charge on any atom is -0.493 e. The molecule has 2 unspecified atom stereocenters. The van der Waals surface area contributed by atoms with Gasteiger partial charge >= 0.3 is 0 Å². The fourth-order valence-electron chi connectivity index (χ4n) is 2.28. The van der Waals surface area contributed by atoms with Crippen molar-refractivity contribution in [3.63, 3.8) is 0 Å². The molecule has 0 aromatic heterocycles. The lowest BCUT2D eigenvalue weighted by Crippen LogP contribution is -2.46. The van der Waals surface area contributed by atoms with Crippen molar-refractivity contribution in [1.82, 2.24) is 0 Å². The molecule has 4 heteroatoms. The first-order valence-electron chi connectivity index (χ1n) is 8.96. The molecule has 0 N–H and O–H groups in total. The molecule has 130 valence electrons. The van der Waals surface area contributed by atoms with Crippen molar-refractivity contribution in [3.05, 3.63) is 12.3 Å². The summed E-state index contributed by atoms with van der Waals surface area (Å²) in [7, 11) is 0. The van der Waals surface area contributed by atoms with Gasteiger partial charge in [-0.05, 0) is 25.3 Å². The standard InChI is InChI=1S/C18H34O4/c1-4-7-11-19-15-17-18(22-13-9-6-3)16(10-14-21-17)20-12-8-5-2/h10,14,16-18H,4-9,11-13,15H2,1-3H3/t16?,17?,18-/m0/s1. The Bertz CT molecular complexity index is 280. The molecule has 1 aliphatic rings. The van der Waals surface area contributed by atoms with Gasteiger partial charge in [-0.2, -0.15) is 0 Å². The van der Waals surface area contributed by atoms with Crippen molar-refractivity contribution >= 4 is 0 Å². The zero-order valence-corrected chi connectivity index (χ0v) is 14.6. The molecule has 1 heterocycles. The summed E-state index contributed by atoms with van der Waals surface area (Å²) in [6, 6.07) is 0. The molecule has 3 atom stereocenters. The number of rotatable bonds is 13. The maximum atomic E-state index is 6.06. The largest absolute Gasteiger partial charge is 0.493 e. The van der Waals surface area contributed by atoms with Gasteiger partial charge in [0.1, 0.15) is 18.3 Å². The molecule has 1 rings (SSSR count). The van der Waals surface area contributed by atoms with Gasteiger partial charge in [0.15, 0.2) is 0 Å². The maximum Gasteiger partial charge on any atom is 0.150 e. The fourth-order valence-corrected chi connectivity index (χ4v) is 2.28. The van der Waals surface area contributed by atoms with Crippen LogP contribution in [0, 0.1) is 0 Å². The summed E-state index contributed by atoms with van der Waals surface area (Å²) in [5, 5.41) is 0. The third-order valence-electron chi connectivity index (χ3n) is 3.75. The number of hydrogen-bond donors (Lipinski definition) is 0. The smallest absolute Gasteiger partial charge is 0.150 e. The summed E-state index contributed by atoms with van der Waals surface area (Å²) in [5.74, 6) is 0. The number of hydrogen-bond acceptors (Lipinski definition) is 4. The van der Waals surface area contributed by atoms with Crippen LogP contribution >= 0.6 is 0 Å². The van der Waals surface area contributed by atoms with E-state index in [1.54, 1.807) is 6.26 Å². The first-order chi connectivity index (χ1) is 10.8. The van der Waals surface area contributed by atoms with Crippen LogP contribution in [0.25, 0.3) is 0 Å². The van der Waals surface area contributed by atoms with Crippen LogP contribution in [0.3, 0.4) is 0 Å². The normalized spacial score (nSPS) is 24.4. The molecule has 0 aromatic rings. The van der Waals surface area contributed by atoms with Crippen LogP contribution in [-0.4, -0.2) is 44.7 Å². The minimum atomic E-state index is -0.0784. The van der Waals surface area contributed by atoms with E-state index in [2.05, 4.69) is 20.8 Å². The average Bonchev–Trinajstić information content (AvgIpc) is 2.54. The molecule has 0 aromatic carbocycles. The second-order valence-electron chi connectivity index (χ2n) is 5.81. The second-order valence-corrected chi connectivity index (χ2v) is 5.81. The summed E-state index contributed by atoms with van der Waals surface area (Å²) in [4.78, 5) is 0. The van der Waals surface area contributed by atoms with Crippen molar-refractivity contribution in [3.8, 4) is 0 Å². The van der Waals surface area contributed by atoms with Crippen molar-refractivity contribution in [1.29, 1.82) is 0 Å². The Morgan fingerprint density at radius 3 is 2.18 bits per heavy atom. The third-order valence-corrected chi connectivity index (χ3v) is 3.75. The molecule has 1 aliphatic heterocycles. The van der Waals surface area contributed by atoms with E-state index < -0.39 is 0 Å². The molecule has 0 fully saturated rings. The first-order valence-corrected chi connectivity index (χ1v) is 8.96. The molecule has 0 saturated carbocycles. The summed E-state index contributed by atoms with van der Waals surface area (Å²) in [6.07, 6.45) is 10.2. The Labute approximate surface area is 136 Å². The molecule has 0 saturated heterocycles. The van der Waals surface area contributed by atoms with Gasteiger partial charge in [0.25, 0.3) is 0 Å². The van der Waals surface area contributed by atoms with Gasteiger partial charge < -0.3 is 18.9 Å². The second kappa shape index (κ2) is 12.9. The van der Waals surface area contributed by atoms with E-state index >= 15 is 0 Å².